The first-order valence-electron chi connectivity index (χ1n) is 4.61. The van der Waals surface area contributed by atoms with Crippen LogP contribution in [0.5, 0.6) is 0 Å². The number of benzene rings is 1. The summed E-state index contributed by atoms with van der Waals surface area (Å²) in [4.78, 5) is 2.08. The number of nitrogen functional groups attached to an aromatic ring is 1. The average molecular weight is 189 g/mol. The molecule has 0 fully saturated rings. The van der Waals surface area contributed by atoms with Crippen LogP contribution in [0.3, 0.4) is 0 Å². The van der Waals surface area contributed by atoms with Gasteiger partial charge in [0.05, 0.1) is 5.52 Å². The van der Waals surface area contributed by atoms with Crippen molar-refractivity contribution in [3.63, 3.8) is 0 Å². The average Bonchev–Trinajstić information content (AvgIpc) is 2.47. The third-order valence-corrected chi connectivity index (χ3v) is 2.49. The molecule has 0 aliphatic rings. The standard InChI is InChI=1S/C11H15N3/c1-13(2)10-6-8(12)7-11-9(10)4-5-14(11)3/h4-7H,12H2,1-3H3. The lowest BCUT2D eigenvalue weighted by molar-refractivity contribution is 0.969. The maximum atomic E-state index is 5.85. The van der Waals surface area contributed by atoms with Gasteiger partial charge in [-0.25, -0.2) is 0 Å². The summed E-state index contributed by atoms with van der Waals surface area (Å²) in [6.07, 6.45) is 2.05. The summed E-state index contributed by atoms with van der Waals surface area (Å²) in [5.41, 5.74) is 9.00. The molecule has 0 amide bonds. The van der Waals surface area contributed by atoms with Gasteiger partial charge in [-0.3, -0.25) is 0 Å². The van der Waals surface area contributed by atoms with Crippen LogP contribution in [0.25, 0.3) is 10.9 Å². The van der Waals surface area contributed by atoms with E-state index in [0.717, 1.165) is 5.69 Å². The number of aryl methyl sites for hydroxylation is 1. The molecule has 1 heterocycles. The number of hydrogen-bond acceptors (Lipinski definition) is 2. The molecule has 74 valence electrons. The number of aromatic nitrogens is 1. The molecule has 2 rings (SSSR count). The topological polar surface area (TPSA) is 34.2 Å². The van der Waals surface area contributed by atoms with E-state index in [0.29, 0.717) is 0 Å². The van der Waals surface area contributed by atoms with Gasteiger partial charge in [-0.05, 0) is 18.2 Å². The predicted molar refractivity (Wildman–Crippen MR) is 61.7 cm³/mol. The van der Waals surface area contributed by atoms with Gasteiger partial charge in [-0.2, -0.15) is 0 Å². The molecule has 3 heteroatoms. The summed E-state index contributed by atoms with van der Waals surface area (Å²) in [6.45, 7) is 0. The van der Waals surface area contributed by atoms with Crippen LogP contribution in [0, 0.1) is 0 Å². The van der Waals surface area contributed by atoms with Crippen molar-refractivity contribution in [2.45, 2.75) is 0 Å². The lowest BCUT2D eigenvalue weighted by Crippen LogP contribution is -2.09. The zero-order chi connectivity index (χ0) is 10.3. The highest BCUT2D eigenvalue weighted by Gasteiger charge is 2.06. The number of nitrogens with zero attached hydrogens (tertiary/aromatic N) is 2. The number of rotatable bonds is 1. The number of anilines is 2. The highest BCUT2D eigenvalue weighted by Crippen LogP contribution is 2.28. The summed E-state index contributed by atoms with van der Waals surface area (Å²) in [7, 11) is 6.09. The molecule has 2 N–H and O–H groups in total. The fourth-order valence-corrected chi connectivity index (χ4v) is 1.74. The second kappa shape index (κ2) is 2.94. The molecule has 1 aromatic heterocycles. The predicted octanol–water partition coefficient (Wildman–Crippen LogP) is 1.83. The number of hydrogen-bond donors (Lipinski definition) is 1. The van der Waals surface area contributed by atoms with Crippen LogP contribution >= 0.6 is 0 Å². The van der Waals surface area contributed by atoms with Crippen molar-refractivity contribution in [1.82, 2.24) is 4.57 Å². The third-order valence-electron chi connectivity index (χ3n) is 2.49. The Balaban J connectivity index is 2.82. The summed E-state index contributed by atoms with van der Waals surface area (Å²) in [5.74, 6) is 0. The molecule has 0 bridgehead atoms. The van der Waals surface area contributed by atoms with Crippen LogP contribution in [-0.4, -0.2) is 18.7 Å². The Morgan fingerprint density at radius 2 is 2.00 bits per heavy atom. The lowest BCUT2D eigenvalue weighted by atomic mass is 10.2. The molecular weight excluding hydrogens is 174 g/mol. The zero-order valence-corrected chi connectivity index (χ0v) is 8.78. The first-order valence-corrected chi connectivity index (χ1v) is 4.61. The molecule has 0 radical (unpaired) electrons. The number of fused-ring (bicyclic) bond motifs is 1. The van der Waals surface area contributed by atoms with E-state index in [1.54, 1.807) is 0 Å². The molecule has 2 aromatic rings. The summed E-state index contributed by atoms with van der Waals surface area (Å²) in [5, 5.41) is 1.24. The summed E-state index contributed by atoms with van der Waals surface area (Å²) < 4.78 is 2.08. The van der Waals surface area contributed by atoms with Crippen molar-refractivity contribution in [3.05, 3.63) is 24.4 Å². The minimum absolute atomic E-state index is 0.808. The molecule has 0 unspecified atom stereocenters. The normalized spacial score (nSPS) is 10.8. The quantitative estimate of drug-likeness (QED) is 0.694. The van der Waals surface area contributed by atoms with Crippen molar-refractivity contribution in [3.8, 4) is 0 Å². The van der Waals surface area contributed by atoms with E-state index in [4.69, 9.17) is 5.73 Å². The summed E-state index contributed by atoms with van der Waals surface area (Å²) in [6, 6.07) is 6.12. The molecule has 0 aliphatic carbocycles. The van der Waals surface area contributed by atoms with E-state index < -0.39 is 0 Å². The second-order valence-corrected chi connectivity index (χ2v) is 3.79. The van der Waals surface area contributed by atoms with Crippen molar-refractivity contribution < 1.29 is 0 Å². The highest BCUT2D eigenvalue weighted by molar-refractivity contribution is 5.95. The highest BCUT2D eigenvalue weighted by atomic mass is 15.1. The van der Waals surface area contributed by atoms with Crippen molar-refractivity contribution in [2.24, 2.45) is 7.05 Å². The maximum Gasteiger partial charge on any atom is 0.0519 e. The lowest BCUT2D eigenvalue weighted by Gasteiger charge is -2.14. The minimum atomic E-state index is 0.808. The van der Waals surface area contributed by atoms with E-state index in [9.17, 15) is 0 Å². The maximum absolute atomic E-state index is 5.85. The summed E-state index contributed by atoms with van der Waals surface area (Å²) >= 11 is 0. The Morgan fingerprint density at radius 3 is 2.64 bits per heavy atom. The SMILES string of the molecule is CN(C)c1cc(N)cc2c1ccn2C. The fraction of sp³-hybridized carbons (Fsp3) is 0.273. The zero-order valence-electron chi connectivity index (χ0n) is 8.78. The van der Waals surface area contributed by atoms with E-state index in [1.165, 1.54) is 16.6 Å². The Hall–Kier alpha value is -1.64. The molecule has 0 saturated heterocycles. The Kier molecular flexibility index (Phi) is 1.88. The van der Waals surface area contributed by atoms with Crippen LogP contribution in [0.15, 0.2) is 24.4 Å². The van der Waals surface area contributed by atoms with E-state index in [-0.39, 0.29) is 0 Å². The van der Waals surface area contributed by atoms with Gasteiger partial charge in [-0.1, -0.05) is 0 Å². The van der Waals surface area contributed by atoms with Crippen molar-refractivity contribution >= 4 is 22.3 Å². The Bertz CT molecular complexity index is 469. The van der Waals surface area contributed by atoms with E-state index in [2.05, 4.69) is 21.7 Å². The number of nitrogens with two attached hydrogens (primary N) is 1. The molecule has 1 aromatic carbocycles. The van der Waals surface area contributed by atoms with Gasteiger partial charge in [-0.15, -0.1) is 0 Å². The first-order chi connectivity index (χ1) is 6.59. The van der Waals surface area contributed by atoms with Gasteiger partial charge in [0.1, 0.15) is 0 Å². The van der Waals surface area contributed by atoms with Gasteiger partial charge in [0.25, 0.3) is 0 Å². The van der Waals surface area contributed by atoms with E-state index in [1.807, 2.05) is 33.3 Å². The van der Waals surface area contributed by atoms with Gasteiger partial charge < -0.3 is 15.2 Å². The van der Waals surface area contributed by atoms with Crippen LogP contribution in [0.2, 0.25) is 0 Å². The van der Waals surface area contributed by atoms with E-state index >= 15 is 0 Å². The Labute approximate surface area is 83.7 Å². The van der Waals surface area contributed by atoms with Gasteiger partial charge in [0.15, 0.2) is 0 Å². The van der Waals surface area contributed by atoms with Crippen LogP contribution in [0.1, 0.15) is 0 Å². The fourth-order valence-electron chi connectivity index (χ4n) is 1.74. The smallest absolute Gasteiger partial charge is 0.0519 e. The second-order valence-electron chi connectivity index (χ2n) is 3.79. The monoisotopic (exact) mass is 189 g/mol. The third kappa shape index (κ3) is 1.21. The molecule has 14 heavy (non-hydrogen) atoms. The molecule has 0 atom stereocenters. The molecular formula is C11H15N3. The minimum Gasteiger partial charge on any atom is -0.399 e. The van der Waals surface area contributed by atoms with Crippen LogP contribution in [0.4, 0.5) is 11.4 Å². The van der Waals surface area contributed by atoms with Gasteiger partial charge in [0.2, 0.25) is 0 Å². The molecule has 0 saturated carbocycles. The molecule has 0 aliphatic heterocycles. The van der Waals surface area contributed by atoms with Gasteiger partial charge >= 0.3 is 0 Å². The molecule has 0 spiro atoms. The molecule has 3 nitrogen and oxygen atoms in total. The van der Waals surface area contributed by atoms with Gasteiger partial charge in [0, 0.05) is 44.1 Å². The first kappa shape index (κ1) is 8.94. The van der Waals surface area contributed by atoms with Crippen molar-refractivity contribution in [1.29, 1.82) is 0 Å². The largest absolute Gasteiger partial charge is 0.399 e. The van der Waals surface area contributed by atoms with Crippen molar-refractivity contribution in [2.75, 3.05) is 24.7 Å². The Morgan fingerprint density at radius 1 is 1.29 bits per heavy atom. The van der Waals surface area contributed by atoms with Crippen LogP contribution < -0.4 is 10.6 Å². The van der Waals surface area contributed by atoms with Crippen LogP contribution in [-0.2, 0) is 7.05 Å².